The maximum Gasteiger partial charge on any atom is 0.120 e. The lowest BCUT2D eigenvalue weighted by Crippen LogP contribution is -1.92. The predicted molar refractivity (Wildman–Crippen MR) is 65.2 cm³/mol. The minimum absolute atomic E-state index is 0.0902. The van der Waals surface area contributed by atoms with Crippen molar-refractivity contribution in [2.24, 2.45) is 0 Å². The maximum atomic E-state index is 11.8. The number of likely N-dealkylation sites (N-methyl/N-ethyl adjacent to an activating group) is 1. The van der Waals surface area contributed by atoms with Gasteiger partial charge in [-0.15, -0.1) is 0 Å². The first-order valence-electron chi connectivity index (χ1n) is 4.74. The van der Waals surface area contributed by atoms with Crippen LogP contribution in [0.4, 0.5) is 3.89 Å². The van der Waals surface area contributed by atoms with Crippen molar-refractivity contribution in [2.75, 3.05) is 13.6 Å². The summed E-state index contributed by atoms with van der Waals surface area (Å²) < 4.78 is 11.8. The summed E-state index contributed by atoms with van der Waals surface area (Å²) in [4.78, 5) is 2.27. The largest absolute Gasteiger partial charge is 0.301 e. The molecule has 0 aromatic carbocycles. The van der Waals surface area contributed by atoms with Crippen LogP contribution in [0.3, 0.4) is 0 Å². The van der Waals surface area contributed by atoms with Crippen LogP contribution in [0, 0.1) is 5.41 Å². The standard InChI is InChI=1S/C10H14ClFN2S/c1-14-7-9(14)4-2-3-8(11)5-6-10(13)15-12/h3,5-6,9,13H,2,4,7H2,1H3/b6-5-,8-3-,13-10?. The molecule has 1 heterocycles. The van der Waals surface area contributed by atoms with E-state index in [4.69, 9.17) is 17.0 Å². The van der Waals surface area contributed by atoms with E-state index in [2.05, 4.69) is 11.9 Å². The lowest BCUT2D eigenvalue weighted by atomic mass is 10.2. The number of hydrogen-bond acceptors (Lipinski definition) is 3. The fraction of sp³-hybridized carbons (Fsp3) is 0.500. The molecule has 84 valence electrons. The summed E-state index contributed by atoms with van der Waals surface area (Å²) in [7, 11) is 2.09. The van der Waals surface area contributed by atoms with Gasteiger partial charge in [-0.2, -0.15) is 3.89 Å². The molecule has 0 aromatic rings. The Morgan fingerprint density at radius 3 is 2.87 bits per heavy atom. The molecular formula is C10H14ClFN2S. The third-order valence-electron chi connectivity index (χ3n) is 2.30. The van der Waals surface area contributed by atoms with Crippen molar-refractivity contribution in [3.63, 3.8) is 0 Å². The van der Waals surface area contributed by atoms with E-state index in [1.165, 1.54) is 12.6 Å². The Labute approximate surface area is 99.0 Å². The summed E-state index contributed by atoms with van der Waals surface area (Å²) in [5.74, 6) is 0. The first kappa shape index (κ1) is 12.7. The molecule has 0 radical (unpaired) electrons. The van der Waals surface area contributed by atoms with Crippen molar-refractivity contribution in [2.45, 2.75) is 18.9 Å². The van der Waals surface area contributed by atoms with Gasteiger partial charge in [0.05, 0.1) is 0 Å². The van der Waals surface area contributed by atoms with E-state index in [-0.39, 0.29) is 17.2 Å². The Bertz CT molecular complexity index is 291. The van der Waals surface area contributed by atoms with E-state index in [9.17, 15) is 3.89 Å². The van der Waals surface area contributed by atoms with Crippen molar-refractivity contribution < 1.29 is 3.89 Å². The molecule has 1 aliphatic heterocycles. The van der Waals surface area contributed by atoms with Gasteiger partial charge in [0.1, 0.15) is 17.2 Å². The zero-order chi connectivity index (χ0) is 11.3. The monoisotopic (exact) mass is 248 g/mol. The highest BCUT2D eigenvalue weighted by Crippen LogP contribution is 2.20. The lowest BCUT2D eigenvalue weighted by molar-refractivity contribution is 0.590. The average molecular weight is 249 g/mol. The molecule has 1 saturated heterocycles. The quantitative estimate of drug-likeness (QED) is 0.350. The first-order chi connectivity index (χ1) is 7.13. The van der Waals surface area contributed by atoms with Crippen LogP contribution in [-0.2, 0) is 0 Å². The number of halogens is 2. The van der Waals surface area contributed by atoms with E-state index in [0.717, 1.165) is 12.8 Å². The molecule has 0 aliphatic carbocycles. The summed E-state index contributed by atoms with van der Waals surface area (Å²) in [5.41, 5.74) is 0. The second kappa shape index (κ2) is 6.30. The predicted octanol–water partition coefficient (Wildman–Crippen LogP) is 3.35. The maximum absolute atomic E-state index is 11.8. The molecule has 1 N–H and O–H groups in total. The Kier molecular flexibility index (Phi) is 5.36. The first-order valence-corrected chi connectivity index (χ1v) is 5.84. The average Bonchev–Trinajstić information content (AvgIpc) is 2.91. The highest BCUT2D eigenvalue weighted by molar-refractivity contribution is 8.09. The van der Waals surface area contributed by atoms with Crippen LogP contribution in [0.2, 0.25) is 0 Å². The Hall–Kier alpha value is -0.320. The molecule has 0 saturated carbocycles. The van der Waals surface area contributed by atoms with Crippen molar-refractivity contribution >= 4 is 28.8 Å². The van der Waals surface area contributed by atoms with Crippen LogP contribution < -0.4 is 0 Å². The van der Waals surface area contributed by atoms with E-state index in [1.54, 1.807) is 6.08 Å². The second-order valence-electron chi connectivity index (χ2n) is 3.53. The highest BCUT2D eigenvalue weighted by Gasteiger charge is 2.27. The molecule has 1 fully saturated rings. The van der Waals surface area contributed by atoms with Gasteiger partial charge in [0, 0.05) is 17.6 Å². The molecule has 5 heteroatoms. The minimum Gasteiger partial charge on any atom is -0.301 e. The van der Waals surface area contributed by atoms with Crippen molar-refractivity contribution in [3.05, 3.63) is 23.3 Å². The van der Waals surface area contributed by atoms with E-state index in [0.29, 0.717) is 11.1 Å². The molecular weight excluding hydrogens is 235 g/mol. The Morgan fingerprint density at radius 1 is 1.67 bits per heavy atom. The zero-order valence-corrected chi connectivity index (χ0v) is 10.1. The van der Waals surface area contributed by atoms with Crippen LogP contribution >= 0.6 is 23.7 Å². The van der Waals surface area contributed by atoms with Crippen LogP contribution in [0.25, 0.3) is 0 Å². The molecule has 2 nitrogen and oxygen atoms in total. The van der Waals surface area contributed by atoms with Gasteiger partial charge >= 0.3 is 0 Å². The summed E-state index contributed by atoms with van der Waals surface area (Å²) in [5, 5.41) is 7.45. The van der Waals surface area contributed by atoms with E-state index >= 15 is 0 Å². The molecule has 0 aromatic heterocycles. The van der Waals surface area contributed by atoms with Gasteiger partial charge in [-0.25, -0.2) is 0 Å². The summed E-state index contributed by atoms with van der Waals surface area (Å²) in [6, 6.07) is 0.703. The molecule has 2 atom stereocenters. The van der Waals surface area contributed by atoms with Crippen molar-refractivity contribution in [1.29, 1.82) is 5.41 Å². The van der Waals surface area contributed by atoms with Gasteiger partial charge in [-0.1, -0.05) is 17.7 Å². The van der Waals surface area contributed by atoms with E-state index < -0.39 is 0 Å². The topological polar surface area (TPSA) is 26.9 Å². The van der Waals surface area contributed by atoms with Gasteiger partial charge in [0.2, 0.25) is 0 Å². The van der Waals surface area contributed by atoms with Crippen LogP contribution in [0.15, 0.2) is 23.3 Å². The summed E-state index contributed by atoms with van der Waals surface area (Å²) in [6.45, 7) is 1.17. The molecule has 0 amide bonds. The van der Waals surface area contributed by atoms with Gasteiger partial charge in [-0.3, -0.25) is 5.41 Å². The second-order valence-corrected chi connectivity index (χ2v) is 4.57. The fourth-order valence-electron chi connectivity index (χ4n) is 1.26. The molecule has 1 rings (SSSR count). The van der Waals surface area contributed by atoms with Crippen molar-refractivity contribution in [3.8, 4) is 0 Å². The van der Waals surface area contributed by atoms with Gasteiger partial charge in [0.25, 0.3) is 0 Å². The van der Waals surface area contributed by atoms with Gasteiger partial charge in [0.15, 0.2) is 0 Å². The van der Waals surface area contributed by atoms with E-state index in [1.807, 2.05) is 6.08 Å². The lowest BCUT2D eigenvalue weighted by Gasteiger charge is -1.94. The number of rotatable bonds is 5. The summed E-state index contributed by atoms with van der Waals surface area (Å²) in [6.07, 6.45) is 6.84. The normalized spacial score (nSPS) is 25.9. The molecule has 2 unspecified atom stereocenters. The van der Waals surface area contributed by atoms with Crippen LogP contribution in [0.5, 0.6) is 0 Å². The zero-order valence-electron chi connectivity index (χ0n) is 8.54. The number of nitrogens with zero attached hydrogens (tertiary/aromatic N) is 1. The molecule has 15 heavy (non-hydrogen) atoms. The van der Waals surface area contributed by atoms with Crippen LogP contribution in [0.1, 0.15) is 12.8 Å². The third kappa shape index (κ3) is 5.35. The molecule has 0 bridgehead atoms. The Morgan fingerprint density at radius 2 is 2.33 bits per heavy atom. The fourth-order valence-corrected chi connectivity index (χ4v) is 1.55. The number of nitrogens with one attached hydrogen (secondary N) is 1. The van der Waals surface area contributed by atoms with Crippen molar-refractivity contribution in [1.82, 2.24) is 4.90 Å². The smallest absolute Gasteiger partial charge is 0.120 e. The number of hydrogen-bond donors (Lipinski definition) is 1. The number of allylic oxidation sites excluding steroid dienone is 3. The third-order valence-corrected chi connectivity index (χ3v) is 2.89. The van der Waals surface area contributed by atoms with Crippen LogP contribution in [-0.4, -0.2) is 29.6 Å². The minimum atomic E-state index is -0.136. The summed E-state index contributed by atoms with van der Waals surface area (Å²) >= 11 is 5.76. The van der Waals surface area contributed by atoms with Gasteiger partial charge < -0.3 is 4.90 Å². The molecule has 0 spiro atoms. The Balaban J connectivity index is 2.20. The molecule has 1 aliphatic rings. The van der Waals surface area contributed by atoms with Gasteiger partial charge in [-0.05, 0) is 32.0 Å². The highest BCUT2D eigenvalue weighted by atomic mass is 35.5. The SMILES string of the molecule is CN1CC1CC/C=C(Cl)/C=C\C(=N)SF.